The number of carbonyl (C=O) groups is 4. The molecule has 0 aromatic heterocycles. The highest BCUT2D eigenvalue weighted by Crippen LogP contribution is 2.67. The second-order valence-corrected chi connectivity index (χ2v) is 16.2. The average Bonchev–Trinajstić information content (AvgIpc) is 3.40. The topological polar surface area (TPSA) is 116 Å². The van der Waals surface area contributed by atoms with Crippen LogP contribution in [0.5, 0.6) is 0 Å². The predicted octanol–water partition coefficient (Wildman–Crippen LogP) is 8.33. The third kappa shape index (κ3) is 8.19. The van der Waals surface area contributed by atoms with Crippen LogP contribution in [0, 0.1) is 0 Å². The smallest absolute Gasteiger partial charge is 0.306 e. The van der Waals surface area contributed by atoms with Gasteiger partial charge in [0.25, 0.3) is 0 Å². The number of hydrogen-bond acceptors (Lipinski definition) is 7. The van der Waals surface area contributed by atoms with Crippen molar-refractivity contribution in [1.29, 1.82) is 0 Å². The summed E-state index contributed by atoms with van der Waals surface area (Å²) in [4.78, 5) is 51.9. The van der Waals surface area contributed by atoms with Crippen LogP contribution >= 0.6 is 0 Å². The van der Waals surface area contributed by atoms with Crippen LogP contribution in [0.25, 0.3) is 11.1 Å². The molecule has 0 saturated carbocycles. The van der Waals surface area contributed by atoms with E-state index in [-0.39, 0.29) is 50.0 Å². The highest BCUT2D eigenvalue weighted by molar-refractivity contribution is 6.10. The van der Waals surface area contributed by atoms with E-state index in [0.717, 1.165) is 33.4 Å². The Morgan fingerprint density at radius 3 is 1.10 bits per heavy atom. The van der Waals surface area contributed by atoms with Crippen LogP contribution in [0.3, 0.4) is 0 Å². The van der Waals surface area contributed by atoms with E-state index in [1.807, 2.05) is 105 Å². The van der Waals surface area contributed by atoms with Gasteiger partial charge in [-0.3, -0.25) is 19.2 Å². The van der Waals surface area contributed by atoms with Crippen LogP contribution in [0.4, 0.5) is 0 Å². The van der Waals surface area contributed by atoms with Gasteiger partial charge in [-0.25, -0.2) is 0 Å². The van der Waals surface area contributed by atoms with Gasteiger partial charge in [0.15, 0.2) is 0 Å². The second kappa shape index (κ2) is 13.5. The molecule has 0 radical (unpaired) electrons. The van der Waals surface area contributed by atoms with Gasteiger partial charge in [-0.15, -0.1) is 0 Å². The number of allylic oxidation sites excluding steroid dienone is 2. The van der Waals surface area contributed by atoms with Crippen LogP contribution in [-0.2, 0) is 44.2 Å². The molecule has 0 amide bonds. The molecule has 0 aliphatic heterocycles. The van der Waals surface area contributed by atoms with Crippen LogP contribution in [0.1, 0.15) is 136 Å². The van der Waals surface area contributed by atoms with Crippen molar-refractivity contribution in [3.05, 3.63) is 70.8 Å². The minimum absolute atomic E-state index is 0.0903. The molecule has 0 fully saturated rings. The van der Waals surface area contributed by atoms with Crippen molar-refractivity contribution in [1.82, 2.24) is 0 Å². The van der Waals surface area contributed by atoms with Gasteiger partial charge < -0.3 is 19.3 Å². The van der Waals surface area contributed by atoms with Crippen molar-refractivity contribution in [2.45, 2.75) is 141 Å². The quantitative estimate of drug-likeness (QED) is 0.178. The molecule has 0 bridgehead atoms. The highest BCUT2D eigenvalue weighted by atomic mass is 16.6. The van der Waals surface area contributed by atoms with Crippen LogP contribution in [-0.4, -0.2) is 45.8 Å². The van der Waals surface area contributed by atoms with Gasteiger partial charge >= 0.3 is 23.9 Å². The van der Waals surface area contributed by atoms with Gasteiger partial charge in [0, 0.05) is 36.5 Å². The van der Waals surface area contributed by atoms with Crippen molar-refractivity contribution in [2.75, 3.05) is 0 Å². The number of esters is 3. The minimum atomic E-state index is -0.925. The molecule has 2 aromatic carbocycles. The maximum Gasteiger partial charge on any atom is 0.306 e. The molecule has 8 heteroatoms. The Morgan fingerprint density at radius 2 is 0.812 bits per heavy atom. The normalized spacial score (nSPS) is 18.1. The first-order chi connectivity index (χ1) is 22.2. The summed E-state index contributed by atoms with van der Waals surface area (Å²) in [5, 5.41) is 9.97. The lowest BCUT2D eigenvalue weighted by molar-refractivity contribution is -0.156. The van der Waals surface area contributed by atoms with Gasteiger partial charge in [0.05, 0.1) is 0 Å². The Bertz CT molecular complexity index is 1560. The molecule has 1 atom stereocenters. The lowest BCUT2D eigenvalue weighted by Gasteiger charge is -2.36. The monoisotopic (exact) mass is 660 g/mol. The lowest BCUT2D eigenvalue weighted by Crippen LogP contribution is -2.32. The highest BCUT2D eigenvalue weighted by Gasteiger charge is 2.56. The Kier molecular flexibility index (Phi) is 10.4. The standard InChI is InChI=1S/C40H52O8/c1-36(2,3)46-31(43)19-23-39(22-18-30(41)42)28-16-12-10-14-26(28)35-34(39)27-15-11-13-17-29(27)40(35,24-20-32(44)47-37(4,5)6)25-21-33(45)48-38(7,8)9/h10-17H,18-25H2,1-9H3,(H,41,42). The summed E-state index contributed by atoms with van der Waals surface area (Å²) in [5.41, 5.74) is 2.20. The van der Waals surface area contributed by atoms with E-state index in [4.69, 9.17) is 14.2 Å². The molecule has 2 aliphatic rings. The van der Waals surface area contributed by atoms with E-state index in [9.17, 15) is 24.3 Å². The third-order valence-electron chi connectivity index (χ3n) is 8.92. The van der Waals surface area contributed by atoms with E-state index < -0.39 is 33.6 Å². The molecule has 48 heavy (non-hydrogen) atoms. The number of ether oxygens (including phenoxy) is 3. The number of carboxylic acids is 1. The molecule has 260 valence electrons. The number of aliphatic carboxylic acids is 1. The summed E-state index contributed by atoms with van der Waals surface area (Å²) in [6.07, 6.45) is 1.55. The van der Waals surface area contributed by atoms with Gasteiger partial charge in [-0.1, -0.05) is 48.5 Å². The maximum atomic E-state index is 13.3. The predicted molar refractivity (Wildman–Crippen MR) is 185 cm³/mol. The summed E-state index contributed by atoms with van der Waals surface area (Å²) in [6.45, 7) is 16.5. The zero-order valence-corrected chi connectivity index (χ0v) is 30.1. The summed E-state index contributed by atoms with van der Waals surface area (Å²) in [5.74, 6) is -1.94. The van der Waals surface area contributed by atoms with Crippen LogP contribution in [0.15, 0.2) is 48.5 Å². The minimum Gasteiger partial charge on any atom is -0.481 e. The molecular weight excluding hydrogens is 608 g/mol. The van der Waals surface area contributed by atoms with E-state index in [1.54, 1.807) is 0 Å². The molecule has 8 nitrogen and oxygen atoms in total. The number of carboxylic acid groups (broad SMARTS) is 1. The fraction of sp³-hybridized carbons (Fsp3) is 0.550. The van der Waals surface area contributed by atoms with E-state index >= 15 is 0 Å². The van der Waals surface area contributed by atoms with Gasteiger partial charge in [-0.2, -0.15) is 0 Å². The van der Waals surface area contributed by atoms with E-state index in [0.29, 0.717) is 19.3 Å². The first-order valence-corrected chi connectivity index (χ1v) is 17.0. The van der Waals surface area contributed by atoms with Gasteiger partial charge in [-0.05, 0) is 121 Å². The van der Waals surface area contributed by atoms with Gasteiger partial charge in [0.2, 0.25) is 0 Å². The SMILES string of the molecule is CC(C)(C)OC(=O)CCC1(CCC(=O)O)C2=C(c3ccccc31)C(CCC(=O)OC(C)(C)C)(CCC(=O)OC(C)(C)C)c1ccccc12. The molecule has 1 unspecified atom stereocenters. The number of hydrogen-bond donors (Lipinski definition) is 1. The lowest BCUT2D eigenvalue weighted by atomic mass is 9.67. The number of rotatable bonds is 12. The molecule has 4 rings (SSSR count). The first-order valence-electron chi connectivity index (χ1n) is 17.0. The van der Waals surface area contributed by atoms with Crippen LogP contribution in [0.2, 0.25) is 0 Å². The van der Waals surface area contributed by atoms with E-state index in [1.165, 1.54) is 0 Å². The third-order valence-corrected chi connectivity index (χ3v) is 8.92. The maximum absolute atomic E-state index is 13.3. The molecule has 0 spiro atoms. The summed E-state index contributed by atoms with van der Waals surface area (Å²) in [7, 11) is 0. The van der Waals surface area contributed by atoms with E-state index in [2.05, 4.69) is 6.07 Å². The molecule has 2 aliphatic carbocycles. The zero-order chi connectivity index (χ0) is 35.7. The van der Waals surface area contributed by atoms with Crippen LogP contribution < -0.4 is 0 Å². The zero-order valence-electron chi connectivity index (χ0n) is 30.1. The summed E-state index contributed by atoms with van der Waals surface area (Å²) < 4.78 is 17.2. The molecular formula is C40H52O8. The summed E-state index contributed by atoms with van der Waals surface area (Å²) in [6, 6.07) is 16.0. The molecule has 0 saturated heterocycles. The Labute approximate surface area is 285 Å². The molecule has 2 aromatic rings. The largest absolute Gasteiger partial charge is 0.481 e. The van der Waals surface area contributed by atoms with Crippen molar-refractivity contribution in [3.8, 4) is 0 Å². The van der Waals surface area contributed by atoms with Crippen molar-refractivity contribution in [3.63, 3.8) is 0 Å². The Morgan fingerprint density at radius 1 is 0.521 bits per heavy atom. The number of benzene rings is 2. The fourth-order valence-electron chi connectivity index (χ4n) is 7.50. The van der Waals surface area contributed by atoms with Gasteiger partial charge in [0.1, 0.15) is 16.8 Å². The van der Waals surface area contributed by atoms with Crippen molar-refractivity contribution in [2.24, 2.45) is 0 Å². The van der Waals surface area contributed by atoms with Crippen molar-refractivity contribution >= 4 is 35.0 Å². The fourth-order valence-corrected chi connectivity index (χ4v) is 7.50. The second-order valence-electron chi connectivity index (χ2n) is 16.2. The summed E-state index contributed by atoms with van der Waals surface area (Å²) >= 11 is 0. The molecule has 0 heterocycles. The number of fused-ring (bicyclic) bond motifs is 4. The van der Waals surface area contributed by atoms with Crippen molar-refractivity contribution < 1.29 is 38.5 Å². The first kappa shape index (κ1) is 36.9. The molecule has 1 N–H and O–H groups in total. The average molecular weight is 661 g/mol. The number of carbonyl (C=O) groups excluding carboxylic acids is 3. The Balaban J connectivity index is 1.94. The Hall–Kier alpha value is -3.94.